The molecule has 0 saturated heterocycles. The number of aliphatic hydroxyl groups excluding tert-OH is 1. The molecule has 12 nitrogen and oxygen atoms in total. The number of hydrogen-bond acceptors (Lipinski definition) is 12. The lowest BCUT2D eigenvalue weighted by atomic mass is 9.57. The Morgan fingerprint density at radius 2 is 1.64 bits per heavy atom. The van der Waals surface area contributed by atoms with Gasteiger partial charge in [0.15, 0.2) is 25.4 Å². The summed E-state index contributed by atoms with van der Waals surface area (Å²) in [6.07, 6.45) is -0.321. The third kappa shape index (κ3) is 7.40. The lowest BCUT2D eigenvalue weighted by Crippen LogP contribution is -2.68. The van der Waals surface area contributed by atoms with Crippen LogP contribution >= 0.6 is 0 Å². The Morgan fingerprint density at radius 3 is 2.27 bits per heavy atom. The van der Waals surface area contributed by atoms with Gasteiger partial charge in [0.05, 0.1) is 11.6 Å². The van der Waals surface area contributed by atoms with Gasteiger partial charge in [-0.3, -0.25) is 14.5 Å². The lowest BCUT2D eigenvalue weighted by Gasteiger charge is -2.55. The van der Waals surface area contributed by atoms with Gasteiger partial charge in [-0.15, -0.1) is 0 Å². The molecule has 3 aliphatic rings. The molecule has 0 aliphatic heterocycles. The van der Waals surface area contributed by atoms with Crippen LogP contribution in [-0.2, 0) is 33.5 Å². The normalized spacial score (nSPS) is 22.0. The summed E-state index contributed by atoms with van der Waals surface area (Å²) in [5.74, 6) is -2.42. The number of hydrogen-bond donors (Lipinski definition) is 1. The van der Waals surface area contributed by atoms with Gasteiger partial charge in [-0.2, -0.15) is 0 Å². The number of fused-ring (bicyclic) bond motifs is 5. The number of aromatic nitrogens is 1. The van der Waals surface area contributed by atoms with Crippen LogP contribution < -0.4 is 9.47 Å². The summed E-state index contributed by atoms with van der Waals surface area (Å²) in [5, 5.41) is 18.0. The van der Waals surface area contributed by atoms with E-state index in [9.17, 15) is 9.90 Å². The topological polar surface area (TPSA) is 141 Å². The second-order valence-corrected chi connectivity index (χ2v) is 24.0. The number of carbonyl (C=O) groups is 3. The molecule has 0 radical (unpaired) electrons. The van der Waals surface area contributed by atoms with Crippen LogP contribution in [0.25, 0.3) is 16.5 Å². The van der Waals surface area contributed by atoms with Gasteiger partial charge in [0.2, 0.25) is 11.6 Å². The largest absolute Gasteiger partial charge is 0.514 e. The predicted molar refractivity (Wildman–Crippen MR) is 227 cm³/mol. The SMILES string of the molecule is CN(C)Cc1cccc2c(OC(=O)OC(C)(C)C)c3c(cc12)C[C@H]1C[C@H]2[C@H](N(C)C)c4onc(OCc5ccccc5)c4C(=O)[C@@]2(O[Si](C)(C)C(C)(C)C)C(=O)C1=C3O. The number of benzene rings is 3. The summed E-state index contributed by atoms with van der Waals surface area (Å²) in [6.45, 7) is 16.1. The molecule has 1 N–H and O–H groups in total. The van der Waals surface area contributed by atoms with Crippen LogP contribution in [0.1, 0.15) is 92.4 Å². The summed E-state index contributed by atoms with van der Waals surface area (Å²) in [6, 6.07) is 16.6. The molecule has 7 rings (SSSR count). The van der Waals surface area contributed by atoms with Crippen LogP contribution in [0.5, 0.6) is 11.6 Å². The predicted octanol–water partition coefficient (Wildman–Crippen LogP) is 9.07. The van der Waals surface area contributed by atoms with Gasteiger partial charge < -0.3 is 33.2 Å². The van der Waals surface area contributed by atoms with E-state index < -0.39 is 60.2 Å². The second kappa shape index (κ2) is 15.0. The molecule has 314 valence electrons. The second-order valence-electron chi connectivity index (χ2n) is 19.2. The number of nitrogens with zero attached hydrogens (tertiary/aromatic N) is 3. The molecule has 1 heterocycles. The first-order valence-electron chi connectivity index (χ1n) is 20.2. The molecule has 4 aromatic rings. The van der Waals surface area contributed by atoms with Gasteiger partial charge in [-0.05, 0) is 119 Å². The maximum Gasteiger partial charge on any atom is 0.514 e. The van der Waals surface area contributed by atoms with Gasteiger partial charge in [0, 0.05) is 23.4 Å². The molecular formula is C46H57N3O9Si. The Labute approximate surface area is 347 Å². The highest BCUT2D eigenvalue weighted by molar-refractivity contribution is 6.74. The molecule has 1 aromatic heterocycles. The minimum atomic E-state index is -2.96. The Bertz CT molecular complexity index is 2350. The molecule has 0 bridgehead atoms. The molecule has 0 amide bonds. The van der Waals surface area contributed by atoms with Crippen LogP contribution in [0.4, 0.5) is 4.79 Å². The van der Waals surface area contributed by atoms with E-state index in [0.717, 1.165) is 16.5 Å². The van der Waals surface area contributed by atoms with Crippen molar-refractivity contribution in [2.24, 2.45) is 11.8 Å². The minimum Gasteiger partial charge on any atom is -0.507 e. The number of ketones is 2. The highest BCUT2D eigenvalue weighted by atomic mass is 28.4. The summed E-state index contributed by atoms with van der Waals surface area (Å²) < 4.78 is 31.2. The van der Waals surface area contributed by atoms with E-state index in [0.29, 0.717) is 36.1 Å². The summed E-state index contributed by atoms with van der Waals surface area (Å²) in [5.41, 5.74) is -0.0150. The molecule has 0 spiro atoms. The number of ether oxygens (including phenoxy) is 3. The van der Waals surface area contributed by atoms with E-state index in [1.807, 2.05) is 101 Å². The number of aliphatic hydroxyl groups is 1. The van der Waals surface area contributed by atoms with E-state index in [1.165, 1.54) is 0 Å². The van der Waals surface area contributed by atoms with Crippen molar-refractivity contribution in [1.82, 2.24) is 15.0 Å². The lowest BCUT2D eigenvalue weighted by molar-refractivity contribution is -0.140. The first-order valence-corrected chi connectivity index (χ1v) is 23.2. The van der Waals surface area contributed by atoms with Crippen LogP contribution in [0, 0.1) is 11.8 Å². The highest BCUT2D eigenvalue weighted by Crippen LogP contribution is 2.59. The van der Waals surface area contributed by atoms with Crippen LogP contribution in [-0.4, -0.2) is 85.5 Å². The number of Topliss-reactive ketones (excluding diaryl/α,β-unsaturated/α-hetero) is 2. The number of carbonyl (C=O) groups excluding carboxylic acids is 3. The maximum atomic E-state index is 15.9. The molecular weight excluding hydrogens is 767 g/mol. The quantitative estimate of drug-likeness (QED) is 0.0745. The van der Waals surface area contributed by atoms with E-state index in [2.05, 4.69) is 30.8 Å². The fraction of sp³-hybridized carbons (Fsp3) is 0.478. The van der Waals surface area contributed by atoms with E-state index >= 15 is 9.59 Å². The fourth-order valence-electron chi connectivity index (χ4n) is 8.73. The van der Waals surface area contributed by atoms with Crippen molar-refractivity contribution < 1.29 is 42.6 Å². The molecule has 0 unspecified atom stereocenters. The molecule has 3 aliphatic carbocycles. The van der Waals surface area contributed by atoms with Crippen molar-refractivity contribution >= 4 is 42.6 Å². The fourth-order valence-corrected chi connectivity index (χ4v) is 10.2. The molecule has 13 heteroatoms. The van der Waals surface area contributed by atoms with Gasteiger partial charge >= 0.3 is 6.16 Å². The molecule has 1 fully saturated rings. The number of rotatable bonds is 9. The van der Waals surface area contributed by atoms with E-state index in [4.69, 9.17) is 23.2 Å². The summed E-state index contributed by atoms with van der Waals surface area (Å²) in [4.78, 5) is 49.0. The van der Waals surface area contributed by atoms with Crippen LogP contribution in [0.3, 0.4) is 0 Å². The van der Waals surface area contributed by atoms with E-state index in [-0.39, 0.29) is 40.7 Å². The van der Waals surface area contributed by atoms with Gasteiger partial charge in [0.25, 0.3) is 5.88 Å². The zero-order valence-electron chi connectivity index (χ0n) is 36.3. The minimum absolute atomic E-state index is 0.0208. The van der Waals surface area contributed by atoms with Crippen molar-refractivity contribution in [1.29, 1.82) is 0 Å². The Kier molecular flexibility index (Phi) is 10.8. The Balaban J connectivity index is 1.46. The van der Waals surface area contributed by atoms with Gasteiger partial charge in [0.1, 0.15) is 23.5 Å². The maximum absolute atomic E-state index is 15.9. The zero-order valence-corrected chi connectivity index (χ0v) is 37.3. The average molecular weight is 824 g/mol. The van der Waals surface area contributed by atoms with Crippen molar-refractivity contribution in [2.75, 3.05) is 28.2 Å². The summed E-state index contributed by atoms with van der Waals surface area (Å²) >= 11 is 0. The molecule has 59 heavy (non-hydrogen) atoms. The first-order chi connectivity index (χ1) is 27.6. The van der Waals surface area contributed by atoms with Gasteiger partial charge in [-0.25, -0.2) is 4.79 Å². The smallest absolute Gasteiger partial charge is 0.507 e. The molecule has 1 saturated carbocycles. The zero-order chi connectivity index (χ0) is 43.0. The van der Waals surface area contributed by atoms with Crippen LogP contribution in [0.15, 0.2) is 64.7 Å². The molecule has 4 atom stereocenters. The van der Waals surface area contributed by atoms with Crippen molar-refractivity contribution in [3.05, 3.63) is 93.7 Å². The van der Waals surface area contributed by atoms with Gasteiger partial charge in [-0.1, -0.05) is 69.3 Å². The Morgan fingerprint density at radius 1 is 0.949 bits per heavy atom. The Hall–Kier alpha value is -4.82. The average Bonchev–Trinajstić information content (AvgIpc) is 3.54. The third-order valence-corrected chi connectivity index (χ3v) is 16.7. The first kappa shape index (κ1) is 42.3. The van der Waals surface area contributed by atoms with E-state index in [1.54, 1.807) is 20.8 Å². The van der Waals surface area contributed by atoms with Crippen molar-refractivity contribution in [3.8, 4) is 11.6 Å². The third-order valence-electron chi connectivity index (χ3n) is 12.3. The standard InChI is InChI=1S/C46H57N3O9Si/c1-44(2,3)56-43(53)55-38-30-20-16-19-27(24-48(7)8)31(30)22-28-21-29-23-32-36(49(9)10)39-35(42(47-57-39)54-25-26-17-14-13-15-18-26)41(52)46(32,58-59(11,12)45(4,5)6)40(51)34(29)37(50)33(28)38/h13-20,22,29,32,36,50H,21,23-25H2,1-12H3/t29-,32-,36-,46-/m0/s1. The summed E-state index contributed by atoms with van der Waals surface area (Å²) in [7, 11) is 4.77. The van der Waals surface area contributed by atoms with Crippen LogP contribution in [0.2, 0.25) is 18.1 Å². The monoisotopic (exact) mass is 823 g/mol. The highest BCUT2D eigenvalue weighted by Gasteiger charge is 2.69. The van der Waals surface area contributed by atoms with Crippen molar-refractivity contribution in [2.45, 2.75) is 103 Å². The van der Waals surface area contributed by atoms with Crippen molar-refractivity contribution in [3.63, 3.8) is 0 Å². The molecule has 3 aromatic carbocycles.